The van der Waals surface area contributed by atoms with Crippen LogP contribution in [0, 0.1) is 6.92 Å². The van der Waals surface area contributed by atoms with Crippen molar-refractivity contribution in [2.24, 2.45) is 0 Å². The van der Waals surface area contributed by atoms with Crippen LogP contribution in [0.25, 0.3) is 16.6 Å². The van der Waals surface area contributed by atoms with Crippen molar-refractivity contribution in [2.45, 2.75) is 65.3 Å². The molecule has 3 aromatic rings. The lowest BCUT2D eigenvalue weighted by molar-refractivity contribution is -0.135. The first-order valence-electron chi connectivity index (χ1n) is 12.4. The molecule has 2 aromatic carbocycles. The Balaban J connectivity index is 2.13. The van der Waals surface area contributed by atoms with Gasteiger partial charge < -0.3 is 9.64 Å². The average Bonchev–Trinajstić information content (AvgIpc) is 2.85. The topological polar surface area (TPSA) is 64.4 Å². The molecule has 1 amide bonds. The second-order valence-corrected chi connectivity index (χ2v) is 8.78. The summed E-state index contributed by atoms with van der Waals surface area (Å²) >= 11 is 0. The van der Waals surface area contributed by atoms with Crippen LogP contribution in [0.3, 0.4) is 0 Å². The highest BCUT2D eigenvalue weighted by atomic mass is 16.5. The molecule has 6 nitrogen and oxygen atoms in total. The molecule has 182 valence electrons. The van der Waals surface area contributed by atoms with Crippen LogP contribution in [0.5, 0.6) is 0 Å². The lowest BCUT2D eigenvalue weighted by Crippen LogP contribution is -2.40. The number of ether oxygens (including phenoxy) is 1. The SMILES string of the molecule is CCCCCCC(=O)N(CCOC)C(CC)c1nc2ccccc2c(=O)n1-c1ccc(C)cc1. The molecule has 0 radical (unpaired) electrons. The van der Waals surface area contributed by atoms with E-state index in [2.05, 4.69) is 6.92 Å². The number of aromatic nitrogens is 2. The molecule has 1 atom stereocenters. The van der Waals surface area contributed by atoms with E-state index in [1.807, 2.05) is 67.3 Å². The van der Waals surface area contributed by atoms with Crippen molar-refractivity contribution in [3.63, 3.8) is 0 Å². The highest BCUT2D eigenvalue weighted by molar-refractivity contribution is 5.79. The van der Waals surface area contributed by atoms with Gasteiger partial charge in [0.2, 0.25) is 5.91 Å². The molecule has 34 heavy (non-hydrogen) atoms. The summed E-state index contributed by atoms with van der Waals surface area (Å²) in [7, 11) is 1.64. The number of unbranched alkanes of at least 4 members (excludes halogenated alkanes) is 3. The molecular formula is C28H37N3O3. The second-order valence-electron chi connectivity index (χ2n) is 8.78. The van der Waals surface area contributed by atoms with Gasteiger partial charge in [-0.3, -0.25) is 14.2 Å². The van der Waals surface area contributed by atoms with E-state index in [0.29, 0.717) is 42.7 Å². The van der Waals surface area contributed by atoms with E-state index in [1.54, 1.807) is 11.7 Å². The minimum Gasteiger partial charge on any atom is -0.383 e. The molecule has 0 aliphatic rings. The van der Waals surface area contributed by atoms with Gasteiger partial charge in [-0.1, -0.05) is 62.9 Å². The van der Waals surface area contributed by atoms with E-state index in [4.69, 9.17) is 9.72 Å². The van der Waals surface area contributed by atoms with Gasteiger partial charge in [-0.2, -0.15) is 0 Å². The zero-order valence-corrected chi connectivity index (χ0v) is 20.9. The van der Waals surface area contributed by atoms with Crippen LogP contribution < -0.4 is 5.56 Å². The molecule has 1 unspecified atom stereocenters. The number of carbonyl (C=O) groups excluding carboxylic acids is 1. The molecule has 0 spiro atoms. The van der Waals surface area contributed by atoms with Crippen LogP contribution >= 0.6 is 0 Å². The number of aryl methyl sites for hydroxylation is 1. The van der Waals surface area contributed by atoms with Crippen molar-refractivity contribution in [1.29, 1.82) is 0 Å². The largest absolute Gasteiger partial charge is 0.383 e. The van der Waals surface area contributed by atoms with E-state index in [0.717, 1.165) is 36.9 Å². The highest BCUT2D eigenvalue weighted by Gasteiger charge is 2.28. The number of hydrogen-bond acceptors (Lipinski definition) is 4. The molecule has 0 aliphatic heterocycles. The standard InChI is InChI=1S/C28H37N3O3/c1-5-7-8-9-14-26(32)30(19-20-34-4)25(6-2)27-29-24-13-11-10-12-23(24)28(33)31(27)22-17-15-21(3)16-18-22/h10-13,15-18,25H,5-9,14,19-20H2,1-4H3. The summed E-state index contributed by atoms with van der Waals surface area (Å²) in [5.74, 6) is 0.672. The number of carbonyl (C=O) groups is 1. The third-order valence-corrected chi connectivity index (χ3v) is 6.26. The van der Waals surface area contributed by atoms with Gasteiger partial charge in [0.05, 0.1) is 29.2 Å². The minimum atomic E-state index is -0.340. The Bertz CT molecular complexity index is 1140. The molecule has 1 heterocycles. The summed E-state index contributed by atoms with van der Waals surface area (Å²) in [6.45, 7) is 7.10. The summed E-state index contributed by atoms with van der Waals surface area (Å²) in [5, 5.41) is 0.566. The first-order valence-corrected chi connectivity index (χ1v) is 12.4. The number of amides is 1. The van der Waals surface area contributed by atoms with Crippen LogP contribution in [-0.2, 0) is 9.53 Å². The van der Waals surface area contributed by atoms with Crippen LogP contribution in [0.4, 0.5) is 0 Å². The van der Waals surface area contributed by atoms with Gasteiger partial charge >= 0.3 is 0 Å². The number of methoxy groups -OCH3 is 1. The van der Waals surface area contributed by atoms with E-state index in [9.17, 15) is 9.59 Å². The van der Waals surface area contributed by atoms with E-state index < -0.39 is 0 Å². The van der Waals surface area contributed by atoms with Gasteiger partial charge in [0.25, 0.3) is 5.56 Å². The fourth-order valence-electron chi connectivity index (χ4n) is 4.35. The first kappa shape index (κ1) is 25.6. The Hall–Kier alpha value is -2.99. The second kappa shape index (κ2) is 12.5. The van der Waals surface area contributed by atoms with Gasteiger partial charge in [-0.15, -0.1) is 0 Å². The monoisotopic (exact) mass is 463 g/mol. The maximum absolute atomic E-state index is 13.7. The Labute approximate surface area is 202 Å². The third-order valence-electron chi connectivity index (χ3n) is 6.26. The molecule has 1 aromatic heterocycles. The van der Waals surface area contributed by atoms with Crippen LogP contribution in [0.2, 0.25) is 0 Å². The quantitative estimate of drug-likeness (QED) is 0.328. The van der Waals surface area contributed by atoms with Gasteiger partial charge in [-0.05, 0) is 44.0 Å². The molecule has 6 heteroatoms. The van der Waals surface area contributed by atoms with Gasteiger partial charge in [0.1, 0.15) is 5.82 Å². The van der Waals surface area contributed by atoms with Crippen molar-refractivity contribution >= 4 is 16.8 Å². The van der Waals surface area contributed by atoms with Gasteiger partial charge in [-0.25, -0.2) is 4.98 Å². The van der Waals surface area contributed by atoms with Crippen molar-refractivity contribution < 1.29 is 9.53 Å². The zero-order valence-electron chi connectivity index (χ0n) is 20.9. The Kier molecular flexibility index (Phi) is 9.40. The van der Waals surface area contributed by atoms with E-state index in [1.165, 1.54) is 0 Å². The number of rotatable bonds is 12. The molecule has 0 bridgehead atoms. The first-order chi connectivity index (χ1) is 16.5. The van der Waals surface area contributed by atoms with Crippen LogP contribution in [0.15, 0.2) is 53.3 Å². The minimum absolute atomic E-state index is 0.0814. The maximum Gasteiger partial charge on any atom is 0.266 e. The third kappa shape index (κ3) is 5.92. The van der Waals surface area contributed by atoms with Crippen molar-refractivity contribution in [2.75, 3.05) is 20.3 Å². The molecule has 0 saturated heterocycles. The number of benzene rings is 2. The Morgan fingerprint density at radius 2 is 1.79 bits per heavy atom. The maximum atomic E-state index is 13.7. The van der Waals surface area contributed by atoms with Crippen LogP contribution in [-0.4, -0.2) is 40.6 Å². The molecule has 3 rings (SSSR count). The fraction of sp³-hybridized carbons (Fsp3) is 0.464. The number of para-hydroxylation sites is 1. The zero-order chi connectivity index (χ0) is 24.5. The number of fused-ring (bicyclic) bond motifs is 1. The molecule has 0 saturated carbocycles. The number of hydrogen-bond donors (Lipinski definition) is 0. The molecule has 0 fully saturated rings. The van der Waals surface area contributed by atoms with Crippen molar-refractivity contribution in [3.8, 4) is 5.69 Å². The Morgan fingerprint density at radius 1 is 1.06 bits per heavy atom. The van der Waals surface area contributed by atoms with Gasteiger partial charge in [0.15, 0.2) is 0 Å². The van der Waals surface area contributed by atoms with Crippen LogP contribution in [0.1, 0.15) is 69.8 Å². The summed E-state index contributed by atoms with van der Waals surface area (Å²) in [6, 6.07) is 14.9. The highest BCUT2D eigenvalue weighted by Crippen LogP contribution is 2.27. The van der Waals surface area contributed by atoms with E-state index in [-0.39, 0.29) is 17.5 Å². The van der Waals surface area contributed by atoms with Crippen molar-refractivity contribution in [3.05, 3.63) is 70.3 Å². The summed E-state index contributed by atoms with van der Waals surface area (Å²) in [5.41, 5.74) is 2.39. The summed E-state index contributed by atoms with van der Waals surface area (Å²) < 4.78 is 7.02. The Morgan fingerprint density at radius 3 is 2.47 bits per heavy atom. The molecular weight excluding hydrogens is 426 g/mol. The smallest absolute Gasteiger partial charge is 0.266 e. The predicted molar refractivity (Wildman–Crippen MR) is 137 cm³/mol. The lowest BCUT2D eigenvalue weighted by Gasteiger charge is -2.32. The normalized spacial score (nSPS) is 12.1. The fourth-order valence-corrected chi connectivity index (χ4v) is 4.35. The predicted octanol–water partition coefficient (Wildman–Crippen LogP) is 5.59. The molecule has 0 aliphatic carbocycles. The van der Waals surface area contributed by atoms with E-state index >= 15 is 0 Å². The number of nitrogens with zero attached hydrogens (tertiary/aromatic N) is 3. The summed E-state index contributed by atoms with van der Waals surface area (Å²) in [6.07, 6.45) is 5.29. The van der Waals surface area contributed by atoms with Gasteiger partial charge in [0, 0.05) is 20.1 Å². The van der Waals surface area contributed by atoms with Crippen molar-refractivity contribution in [1.82, 2.24) is 14.5 Å². The lowest BCUT2D eigenvalue weighted by atomic mass is 10.1. The average molecular weight is 464 g/mol. The summed E-state index contributed by atoms with van der Waals surface area (Å²) in [4.78, 5) is 33.9. The molecule has 0 N–H and O–H groups in total.